The summed E-state index contributed by atoms with van der Waals surface area (Å²) in [5.41, 5.74) is 3.04. The highest BCUT2D eigenvalue weighted by molar-refractivity contribution is 6.10. The van der Waals surface area contributed by atoms with Gasteiger partial charge in [-0.25, -0.2) is 4.39 Å². The standard InChI is InChI=1S/C27H22FN3O2/c1-2-33-24-12-10-23(11-13-24)30-27(32)20(16-29)15-21-18-31(26-9-4-3-8-25(21)26)17-19-6-5-7-22(28)14-19/h3-15,18H,2,17H2,1H3,(H,30,32)/b20-15+. The number of benzene rings is 3. The Morgan fingerprint density at radius 2 is 1.91 bits per heavy atom. The topological polar surface area (TPSA) is 67.0 Å². The molecule has 0 radical (unpaired) electrons. The average Bonchev–Trinajstić information content (AvgIpc) is 3.16. The number of fused-ring (bicyclic) bond motifs is 1. The molecule has 1 amide bonds. The highest BCUT2D eigenvalue weighted by atomic mass is 19.1. The molecule has 0 aliphatic rings. The highest BCUT2D eigenvalue weighted by Gasteiger charge is 2.13. The quantitative estimate of drug-likeness (QED) is 0.293. The third-order valence-electron chi connectivity index (χ3n) is 5.15. The number of rotatable bonds is 7. The van der Waals surface area contributed by atoms with Gasteiger partial charge in [0.15, 0.2) is 0 Å². The molecule has 4 aromatic rings. The fraction of sp³-hybridized carbons (Fsp3) is 0.111. The molecular formula is C27H22FN3O2. The number of carbonyl (C=O) groups excluding carboxylic acids is 1. The number of nitriles is 1. The molecule has 0 saturated carbocycles. The van der Waals surface area contributed by atoms with Crippen molar-refractivity contribution in [1.82, 2.24) is 4.57 Å². The molecule has 0 bridgehead atoms. The van der Waals surface area contributed by atoms with Crippen LogP contribution in [0.15, 0.2) is 84.6 Å². The molecule has 3 aromatic carbocycles. The van der Waals surface area contributed by atoms with Gasteiger partial charge in [-0.1, -0.05) is 30.3 Å². The predicted molar refractivity (Wildman–Crippen MR) is 127 cm³/mol. The first kappa shape index (κ1) is 21.8. The number of nitrogens with one attached hydrogen (secondary N) is 1. The van der Waals surface area contributed by atoms with Crippen LogP contribution in [0.5, 0.6) is 5.75 Å². The van der Waals surface area contributed by atoms with Crippen molar-refractivity contribution in [2.45, 2.75) is 13.5 Å². The summed E-state index contributed by atoms with van der Waals surface area (Å²) in [6.07, 6.45) is 3.45. The Morgan fingerprint density at radius 3 is 2.64 bits per heavy atom. The van der Waals surface area contributed by atoms with Crippen molar-refractivity contribution in [3.63, 3.8) is 0 Å². The molecule has 164 valence electrons. The number of aromatic nitrogens is 1. The molecule has 0 aliphatic carbocycles. The molecule has 33 heavy (non-hydrogen) atoms. The molecular weight excluding hydrogens is 417 g/mol. The Morgan fingerprint density at radius 1 is 1.12 bits per heavy atom. The number of halogens is 1. The highest BCUT2D eigenvalue weighted by Crippen LogP contribution is 2.25. The summed E-state index contributed by atoms with van der Waals surface area (Å²) in [5.74, 6) is -0.0805. The van der Waals surface area contributed by atoms with Crippen LogP contribution in [0.3, 0.4) is 0 Å². The van der Waals surface area contributed by atoms with Gasteiger partial charge in [-0.05, 0) is 61.0 Å². The zero-order chi connectivity index (χ0) is 23.2. The Kier molecular flexibility index (Phi) is 6.51. The van der Waals surface area contributed by atoms with Gasteiger partial charge in [0.2, 0.25) is 0 Å². The Hall–Kier alpha value is -4.37. The van der Waals surface area contributed by atoms with Gasteiger partial charge in [-0.15, -0.1) is 0 Å². The maximum Gasteiger partial charge on any atom is 0.266 e. The minimum atomic E-state index is -0.497. The summed E-state index contributed by atoms with van der Waals surface area (Å²) in [6, 6.07) is 23.1. The fourth-order valence-corrected chi connectivity index (χ4v) is 3.66. The zero-order valence-corrected chi connectivity index (χ0v) is 18.1. The van der Waals surface area contributed by atoms with Crippen molar-refractivity contribution in [3.05, 3.63) is 102 Å². The molecule has 0 spiro atoms. The van der Waals surface area contributed by atoms with E-state index < -0.39 is 5.91 Å². The first-order valence-electron chi connectivity index (χ1n) is 10.6. The average molecular weight is 439 g/mol. The number of nitrogens with zero attached hydrogens (tertiary/aromatic N) is 2. The molecule has 6 heteroatoms. The molecule has 0 unspecified atom stereocenters. The Labute approximate surface area is 191 Å². The first-order valence-corrected chi connectivity index (χ1v) is 10.6. The van der Waals surface area contributed by atoms with Gasteiger partial charge in [0.05, 0.1) is 6.61 Å². The van der Waals surface area contributed by atoms with E-state index in [0.29, 0.717) is 24.6 Å². The molecule has 0 saturated heterocycles. The van der Waals surface area contributed by atoms with E-state index in [-0.39, 0.29) is 11.4 Å². The van der Waals surface area contributed by atoms with Crippen LogP contribution < -0.4 is 10.1 Å². The van der Waals surface area contributed by atoms with Crippen LogP contribution >= 0.6 is 0 Å². The van der Waals surface area contributed by atoms with E-state index >= 15 is 0 Å². The van der Waals surface area contributed by atoms with Crippen molar-refractivity contribution in [2.75, 3.05) is 11.9 Å². The van der Waals surface area contributed by atoms with Crippen molar-refractivity contribution in [2.24, 2.45) is 0 Å². The van der Waals surface area contributed by atoms with Gasteiger partial charge in [-0.3, -0.25) is 4.79 Å². The number of ether oxygens (including phenoxy) is 1. The van der Waals surface area contributed by atoms with Crippen molar-refractivity contribution < 1.29 is 13.9 Å². The lowest BCUT2D eigenvalue weighted by Gasteiger charge is -2.06. The maximum absolute atomic E-state index is 13.6. The van der Waals surface area contributed by atoms with E-state index in [4.69, 9.17) is 4.74 Å². The summed E-state index contributed by atoms with van der Waals surface area (Å²) in [6.45, 7) is 2.92. The SMILES string of the molecule is CCOc1ccc(NC(=O)/C(C#N)=C/c2cn(Cc3cccc(F)c3)c3ccccc23)cc1. The second kappa shape index (κ2) is 9.84. The van der Waals surface area contributed by atoms with Gasteiger partial charge in [-0.2, -0.15) is 5.26 Å². The van der Waals surface area contributed by atoms with E-state index in [0.717, 1.165) is 22.0 Å². The summed E-state index contributed by atoms with van der Waals surface area (Å²) in [7, 11) is 0. The van der Waals surface area contributed by atoms with E-state index in [2.05, 4.69) is 5.32 Å². The predicted octanol–water partition coefficient (Wildman–Crippen LogP) is 5.77. The second-order valence-electron chi connectivity index (χ2n) is 7.44. The number of carbonyl (C=O) groups is 1. The number of hydrogen-bond acceptors (Lipinski definition) is 3. The van der Waals surface area contributed by atoms with Crippen LogP contribution in [-0.4, -0.2) is 17.1 Å². The molecule has 4 rings (SSSR count). The Balaban J connectivity index is 1.62. The van der Waals surface area contributed by atoms with Crippen LogP contribution in [0.2, 0.25) is 0 Å². The second-order valence-corrected chi connectivity index (χ2v) is 7.44. The van der Waals surface area contributed by atoms with Crippen molar-refractivity contribution in [1.29, 1.82) is 5.26 Å². The lowest BCUT2D eigenvalue weighted by atomic mass is 10.1. The molecule has 0 atom stereocenters. The van der Waals surface area contributed by atoms with Crippen LogP contribution in [0, 0.1) is 17.1 Å². The minimum Gasteiger partial charge on any atom is -0.494 e. The number of hydrogen-bond donors (Lipinski definition) is 1. The summed E-state index contributed by atoms with van der Waals surface area (Å²) in [5, 5.41) is 13.3. The van der Waals surface area contributed by atoms with Crippen molar-refractivity contribution in [3.8, 4) is 11.8 Å². The first-order chi connectivity index (χ1) is 16.1. The van der Waals surface area contributed by atoms with E-state index in [1.807, 2.05) is 54.1 Å². The smallest absolute Gasteiger partial charge is 0.266 e. The number of amides is 1. The number of para-hydroxylation sites is 1. The van der Waals surface area contributed by atoms with E-state index in [1.54, 1.807) is 36.4 Å². The normalized spacial score (nSPS) is 11.2. The van der Waals surface area contributed by atoms with Crippen LogP contribution in [0.4, 0.5) is 10.1 Å². The largest absolute Gasteiger partial charge is 0.494 e. The van der Waals surface area contributed by atoms with Gasteiger partial charge >= 0.3 is 0 Å². The third kappa shape index (κ3) is 5.10. The zero-order valence-electron chi connectivity index (χ0n) is 18.1. The van der Waals surface area contributed by atoms with Crippen LogP contribution in [0.1, 0.15) is 18.1 Å². The van der Waals surface area contributed by atoms with Gasteiger partial charge in [0.25, 0.3) is 5.91 Å². The molecule has 0 aliphatic heterocycles. The summed E-state index contributed by atoms with van der Waals surface area (Å²) >= 11 is 0. The molecule has 5 nitrogen and oxygen atoms in total. The van der Waals surface area contributed by atoms with Gasteiger partial charge < -0.3 is 14.6 Å². The molecule has 0 fully saturated rings. The lowest BCUT2D eigenvalue weighted by molar-refractivity contribution is -0.112. The van der Waals surface area contributed by atoms with E-state index in [9.17, 15) is 14.4 Å². The lowest BCUT2D eigenvalue weighted by Crippen LogP contribution is -2.13. The minimum absolute atomic E-state index is 0.0162. The Bertz CT molecular complexity index is 1360. The van der Waals surface area contributed by atoms with Gasteiger partial charge in [0, 0.05) is 34.9 Å². The molecule has 1 heterocycles. The number of anilines is 1. The fourth-order valence-electron chi connectivity index (χ4n) is 3.66. The molecule has 1 N–H and O–H groups in total. The van der Waals surface area contributed by atoms with E-state index in [1.165, 1.54) is 12.1 Å². The van der Waals surface area contributed by atoms with Crippen LogP contribution in [-0.2, 0) is 11.3 Å². The van der Waals surface area contributed by atoms with Gasteiger partial charge in [0.1, 0.15) is 23.2 Å². The van der Waals surface area contributed by atoms with Crippen molar-refractivity contribution >= 4 is 28.6 Å². The third-order valence-corrected chi connectivity index (χ3v) is 5.15. The monoisotopic (exact) mass is 439 g/mol. The molecule has 1 aromatic heterocycles. The summed E-state index contributed by atoms with van der Waals surface area (Å²) < 4.78 is 21.0. The maximum atomic E-state index is 13.6. The van der Waals surface area contributed by atoms with Crippen LogP contribution in [0.25, 0.3) is 17.0 Å². The summed E-state index contributed by atoms with van der Waals surface area (Å²) in [4.78, 5) is 12.7.